The normalized spacial score (nSPS) is 14.0. The van der Waals surface area contributed by atoms with Gasteiger partial charge in [-0.2, -0.15) is 5.26 Å². The molecular formula is C16H16N4O2S. The smallest absolute Gasteiger partial charge is 0.193 e. The van der Waals surface area contributed by atoms with Crippen LogP contribution in [0.4, 0.5) is 5.69 Å². The van der Waals surface area contributed by atoms with Gasteiger partial charge >= 0.3 is 0 Å². The minimum atomic E-state index is 0.311. The maximum absolute atomic E-state index is 8.81. The first-order valence-corrected chi connectivity index (χ1v) is 8.01. The van der Waals surface area contributed by atoms with E-state index in [2.05, 4.69) is 16.4 Å². The molecule has 3 N–H and O–H groups in total. The number of nitriles is 1. The molecule has 2 heterocycles. The van der Waals surface area contributed by atoms with E-state index in [1.807, 2.05) is 24.3 Å². The fourth-order valence-electron chi connectivity index (χ4n) is 2.11. The van der Waals surface area contributed by atoms with Crippen LogP contribution in [0.2, 0.25) is 0 Å². The van der Waals surface area contributed by atoms with E-state index in [9.17, 15) is 0 Å². The average molecular weight is 328 g/mol. The van der Waals surface area contributed by atoms with Crippen LogP contribution in [-0.2, 0) is 6.54 Å². The van der Waals surface area contributed by atoms with Crippen LogP contribution in [0.5, 0.6) is 11.5 Å². The fraction of sp³-hybridized carbons (Fsp3) is 0.250. The number of hydrogen-bond acceptors (Lipinski definition) is 5. The summed E-state index contributed by atoms with van der Waals surface area (Å²) in [6.07, 6.45) is 0.868. The molecule has 0 unspecified atom stereocenters. The van der Waals surface area contributed by atoms with E-state index in [-0.39, 0.29) is 0 Å². The van der Waals surface area contributed by atoms with Crippen LogP contribution in [0.1, 0.15) is 16.2 Å². The van der Waals surface area contributed by atoms with E-state index < -0.39 is 0 Å². The van der Waals surface area contributed by atoms with E-state index in [1.165, 1.54) is 11.3 Å². The van der Waals surface area contributed by atoms with E-state index in [0.29, 0.717) is 36.3 Å². The van der Waals surface area contributed by atoms with Crippen LogP contribution >= 0.6 is 11.3 Å². The summed E-state index contributed by atoms with van der Waals surface area (Å²) in [4.78, 5) is 5.94. The molecule has 0 bridgehead atoms. The second kappa shape index (κ2) is 7.03. The molecule has 3 rings (SSSR count). The number of fused-ring (bicyclic) bond motifs is 1. The predicted octanol–water partition coefficient (Wildman–Crippen LogP) is 2.71. The second-order valence-corrected chi connectivity index (χ2v) is 6.08. The molecule has 2 aromatic rings. The van der Waals surface area contributed by atoms with E-state index in [0.717, 1.165) is 22.7 Å². The van der Waals surface area contributed by atoms with E-state index in [1.54, 1.807) is 6.07 Å². The lowest BCUT2D eigenvalue weighted by Gasteiger charge is -2.10. The molecule has 0 radical (unpaired) electrons. The van der Waals surface area contributed by atoms with Crippen molar-refractivity contribution in [2.24, 2.45) is 10.7 Å². The molecule has 7 heteroatoms. The van der Waals surface area contributed by atoms with Gasteiger partial charge in [-0.1, -0.05) is 0 Å². The number of hydrogen-bond donors (Lipinski definition) is 2. The number of nitrogens with zero attached hydrogens (tertiary/aromatic N) is 2. The maximum Gasteiger partial charge on any atom is 0.193 e. The minimum absolute atomic E-state index is 0.311. The lowest BCUT2D eigenvalue weighted by Crippen LogP contribution is -2.22. The van der Waals surface area contributed by atoms with Crippen molar-refractivity contribution in [2.75, 3.05) is 18.5 Å². The standard InChI is InChI=1S/C16H16N4O2S/c17-9-12-3-4-13(23-12)10-19-16(18)20-11-2-5-14-15(8-11)22-7-1-6-21-14/h2-5,8H,1,6-7,10H2,(H3,18,19,20). The van der Waals surface area contributed by atoms with Gasteiger partial charge in [0.2, 0.25) is 0 Å². The van der Waals surface area contributed by atoms with Crippen molar-refractivity contribution in [2.45, 2.75) is 13.0 Å². The monoisotopic (exact) mass is 328 g/mol. The van der Waals surface area contributed by atoms with Crippen molar-refractivity contribution in [1.29, 1.82) is 5.26 Å². The number of aliphatic imine (C=N–C) groups is 1. The lowest BCUT2D eigenvalue weighted by molar-refractivity contribution is 0.297. The van der Waals surface area contributed by atoms with Crippen LogP contribution in [-0.4, -0.2) is 19.2 Å². The second-order valence-electron chi connectivity index (χ2n) is 4.92. The highest BCUT2D eigenvalue weighted by Crippen LogP contribution is 2.32. The number of rotatable bonds is 3. The van der Waals surface area contributed by atoms with Crippen LogP contribution < -0.4 is 20.5 Å². The Morgan fingerprint density at radius 1 is 1.26 bits per heavy atom. The molecule has 1 aromatic carbocycles. The molecule has 1 aliphatic rings. The molecule has 1 aliphatic heterocycles. The molecule has 23 heavy (non-hydrogen) atoms. The Morgan fingerprint density at radius 2 is 2.09 bits per heavy atom. The Morgan fingerprint density at radius 3 is 2.87 bits per heavy atom. The van der Waals surface area contributed by atoms with Gasteiger partial charge < -0.3 is 20.5 Å². The quantitative estimate of drug-likeness (QED) is 0.667. The Labute approximate surface area is 138 Å². The van der Waals surface area contributed by atoms with Crippen molar-refractivity contribution in [3.8, 4) is 17.6 Å². The number of benzene rings is 1. The number of nitrogens with two attached hydrogens (primary N) is 1. The third kappa shape index (κ3) is 3.93. The third-order valence-corrected chi connectivity index (χ3v) is 4.17. The zero-order chi connectivity index (χ0) is 16.1. The van der Waals surface area contributed by atoms with Gasteiger partial charge in [-0.15, -0.1) is 11.3 Å². The van der Waals surface area contributed by atoms with Gasteiger partial charge in [-0.3, -0.25) is 0 Å². The Kier molecular flexibility index (Phi) is 4.64. The molecule has 0 fully saturated rings. The highest BCUT2D eigenvalue weighted by molar-refractivity contribution is 7.12. The highest BCUT2D eigenvalue weighted by Gasteiger charge is 2.10. The molecule has 6 nitrogen and oxygen atoms in total. The molecule has 1 aromatic heterocycles. The maximum atomic E-state index is 8.81. The van der Waals surface area contributed by atoms with Crippen molar-refractivity contribution in [3.05, 3.63) is 40.1 Å². The molecule has 0 amide bonds. The van der Waals surface area contributed by atoms with Gasteiger partial charge in [-0.25, -0.2) is 4.99 Å². The molecule has 0 saturated carbocycles. The first kappa shape index (κ1) is 15.2. The highest BCUT2D eigenvalue weighted by atomic mass is 32.1. The lowest BCUT2D eigenvalue weighted by atomic mass is 10.3. The molecule has 0 spiro atoms. The van der Waals surface area contributed by atoms with Crippen molar-refractivity contribution >= 4 is 23.0 Å². The molecule has 0 saturated heterocycles. The zero-order valence-corrected chi connectivity index (χ0v) is 13.2. The van der Waals surface area contributed by atoms with Crippen molar-refractivity contribution < 1.29 is 9.47 Å². The minimum Gasteiger partial charge on any atom is -0.490 e. The van der Waals surface area contributed by atoms with E-state index >= 15 is 0 Å². The van der Waals surface area contributed by atoms with Crippen LogP contribution in [0.15, 0.2) is 35.3 Å². The Bertz CT molecular complexity index is 764. The molecule has 118 valence electrons. The van der Waals surface area contributed by atoms with Gasteiger partial charge in [0.05, 0.1) is 19.8 Å². The van der Waals surface area contributed by atoms with Crippen LogP contribution in [0, 0.1) is 11.3 Å². The Balaban J connectivity index is 1.65. The number of ether oxygens (including phenoxy) is 2. The average Bonchev–Trinajstić information content (AvgIpc) is 2.90. The SMILES string of the molecule is N#Cc1ccc(CN=C(N)Nc2ccc3c(c2)OCCCO3)s1. The van der Waals surface area contributed by atoms with Crippen molar-refractivity contribution in [1.82, 2.24) is 0 Å². The summed E-state index contributed by atoms with van der Waals surface area (Å²) in [6.45, 7) is 1.74. The first-order chi connectivity index (χ1) is 11.2. The van der Waals surface area contributed by atoms with Gasteiger partial charge in [0.15, 0.2) is 17.5 Å². The van der Waals surface area contributed by atoms with Crippen molar-refractivity contribution in [3.63, 3.8) is 0 Å². The summed E-state index contributed by atoms with van der Waals surface area (Å²) in [7, 11) is 0. The number of nitrogens with one attached hydrogen (secondary N) is 1. The summed E-state index contributed by atoms with van der Waals surface area (Å²) < 4.78 is 11.2. The zero-order valence-electron chi connectivity index (χ0n) is 12.4. The van der Waals surface area contributed by atoms with Gasteiger partial charge in [0, 0.05) is 23.1 Å². The number of anilines is 1. The Hall–Kier alpha value is -2.72. The molecular weight excluding hydrogens is 312 g/mol. The summed E-state index contributed by atoms with van der Waals surface area (Å²) in [5.41, 5.74) is 6.70. The van der Waals surface area contributed by atoms with Crippen LogP contribution in [0.25, 0.3) is 0 Å². The summed E-state index contributed by atoms with van der Waals surface area (Å²) in [5.74, 6) is 1.76. The largest absolute Gasteiger partial charge is 0.490 e. The molecule has 0 aliphatic carbocycles. The van der Waals surface area contributed by atoms with Gasteiger partial charge in [0.25, 0.3) is 0 Å². The number of thiophene rings is 1. The van der Waals surface area contributed by atoms with E-state index in [4.69, 9.17) is 20.5 Å². The van der Waals surface area contributed by atoms with Gasteiger partial charge in [0.1, 0.15) is 10.9 Å². The fourth-order valence-corrected chi connectivity index (χ4v) is 2.84. The topological polar surface area (TPSA) is 92.7 Å². The molecule has 0 atom stereocenters. The predicted molar refractivity (Wildman–Crippen MR) is 90.0 cm³/mol. The first-order valence-electron chi connectivity index (χ1n) is 7.20. The summed E-state index contributed by atoms with van der Waals surface area (Å²) >= 11 is 1.41. The number of guanidine groups is 1. The van der Waals surface area contributed by atoms with Gasteiger partial charge in [-0.05, 0) is 24.3 Å². The summed E-state index contributed by atoms with van der Waals surface area (Å²) in [6, 6.07) is 11.3. The third-order valence-electron chi connectivity index (χ3n) is 3.20. The van der Waals surface area contributed by atoms with Crippen LogP contribution in [0.3, 0.4) is 0 Å². The summed E-state index contributed by atoms with van der Waals surface area (Å²) in [5, 5.41) is 11.8.